The Labute approximate surface area is 112 Å². The molecule has 0 bridgehead atoms. The van der Waals surface area contributed by atoms with Crippen molar-refractivity contribution >= 4 is 5.91 Å². The smallest absolute Gasteiger partial charge is 0.274 e. The van der Waals surface area contributed by atoms with E-state index in [1.165, 1.54) is 11.1 Å². The monoisotopic (exact) mass is 262 g/mol. The van der Waals surface area contributed by atoms with Gasteiger partial charge in [-0.2, -0.15) is 0 Å². The highest BCUT2D eigenvalue weighted by atomic mass is 16.3. The average Bonchev–Trinajstić information content (AvgIpc) is 2.41. The summed E-state index contributed by atoms with van der Waals surface area (Å²) >= 11 is 0. The molecule has 0 unspecified atom stereocenters. The van der Waals surface area contributed by atoms with E-state index in [4.69, 9.17) is 10.2 Å². The summed E-state index contributed by atoms with van der Waals surface area (Å²) in [6.07, 6.45) is 1.52. The molecule has 0 aliphatic carbocycles. The Hall–Kier alpha value is -1.90. The molecule has 5 nitrogen and oxygen atoms in total. The Bertz CT molecular complexity index is 489. The normalized spacial score (nSPS) is 9.95. The first-order valence-electron chi connectivity index (χ1n) is 6.08. The summed E-state index contributed by atoms with van der Waals surface area (Å²) in [5.41, 5.74) is 0.718. The van der Waals surface area contributed by atoms with Crippen molar-refractivity contribution in [3.05, 3.63) is 29.6 Å². The third kappa shape index (κ3) is 4.05. The minimum absolute atomic E-state index is 0.0414. The number of hydrogen-bond donors (Lipinski definition) is 2. The SMILES string of the molecule is CC(C)N(CCO)C(=O)c1ncccc1C#CCO. The molecule has 1 aromatic heterocycles. The third-order valence-electron chi connectivity index (χ3n) is 2.54. The Morgan fingerprint density at radius 1 is 1.47 bits per heavy atom. The Morgan fingerprint density at radius 3 is 2.79 bits per heavy atom. The zero-order valence-corrected chi connectivity index (χ0v) is 11.1. The summed E-state index contributed by atoms with van der Waals surface area (Å²) in [6, 6.07) is 3.32. The second-order valence-corrected chi connectivity index (χ2v) is 4.18. The van der Waals surface area contributed by atoms with Crippen LogP contribution in [0.1, 0.15) is 29.9 Å². The van der Waals surface area contributed by atoms with E-state index in [0.717, 1.165) is 0 Å². The van der Waals surface area contributed by atoms with Gasteiger partial charge in [0.05, 0.1) is 12.2 Å². The maximum Gasteiger partial charge on any atom is 0.274 e. The highest BCUT2D eigenvalue weighted by molar-refractivity contribution is 5.95. The molecule has 1 aromatic rings. The zero-order chi connectivity index (χ0) is 14.3. The van der Waals surface area contributed by atoms with Gasteiger partial charge in [0.15, 0.2) is 0 Å². The topological polar surface area (TPSA) is 73.7 Å². The summed E-state index contributed by atoms with van der Waals surface area (Å²) in [7, 11) is 0. The van der Waals surface area contributed by atoms with Crippen molar-refractivity contribution in [2.24, 2.45) is 0 Å². The maximum absolute atomic E-state index is 12.4. The largest absolute Gasteiger partial charge is 0.395 e. The number of rotatable bonds is 4. The number of amides is 1. The molecule has 0 saturated carbocycles. The predicted octanol–water partition coefficient (Wildman–Crippen LogP) is 0.268. The minimum atomic E-state index is -0.271. The fourth-order valence-electron chi connectivity index (χ4n) is 1.65. The van der Waals surface area contributed by atoms with Crippen LogP contribution in [0, 0.1) is 11.8 Å². The minimum Gasteiger partial charge on any atom is -0.395 e. The van der Waals surface area contributed by atoms with Crippen LogP contribution in [-0.4, -0.2) is 51.8 Å². The van der Waals surface area contributed by atoms with Crippen LogP contribution in [0.2, 0.25) is 0 Å². The third-order valence-corrected chi connectivity index (χ3v) is 2.54. The van der Waals surface area contributed by atoms with E-state index in [1.807, 2.05) is 13.8 Å². The predicted molar refractivity (Wildman–Crippen MR) is 71.5 cm³/mol. The van der Waals surface area contributed by atoms with Gasteiger partial charge >= 0.3 is 0 Å². The second kappa shape index (κ2) is 7.52. The Kier molecular flexibility index (Phi) is 6.00. The molecule has 1 rings (SSSR count). The lowest BCUT2D eigenvalue weighted by atomic mass is 10.1. The second-order valence-electron chi connectivity index (χ2n) is 4.18. The molecule has 0 atom stereocenters. The zero-order valence-electron chi connectivity index (χ0n) is 11.1. The number of carbonyl (C=O) groups excluding carboxylic acids is 1. The van der Waals surface area contributed by atoms with Crippen LogP contribution >= 0.6 is 0 Å². The van der Waals surface area contributed by atoms with Gasteiger partial charge < -0.3 is 15.1 Å². The lowest BCUT2D eigenvalue weighted by molar-refractivity contribution is 0.0659. The van der Waals surface area contributed by atoms with Gasteiger partial charge in [0.2, 0.25) is 0 Å². The van der Waals surface area contributed by atoms with E-state index in [-0.39, 0.29) is 37.4 Å². The molecule has 19 heavy (non-hydrogen) atoms. The van der Waals surface area contributed by atoms with Crippen LogP contribution in [-0.2, 0) is 0 Å². The standard InChI is InChI=1S/C14H18N2O3/c1-11(2)16(8-10-18)14(19)13-12(6-4-9-17)5-3-7-15-13/h3,5,7,11,17-18H,8-10H2,1-2H3. The number of aliphatic hydroxyl groups is 2. The van der Waals surface area contributed by atoms with Crippen molar-refractivity contribution in [2.75, 3.05) is 19.8 Å². The lowest BCUT2D eigenvalue weighted by Crippen LogP contribution is -2.39. The molecule has 5 heteroatoms. The van der Waals surface area contributed by atoms with Crippen molar-refractivity contribution in [2.45, 2.75) is 19.9 Å². The fourth-order valence-corrected chi connectivity index (χ4v) is 1.65. The first-order valence-corrected chi connectivity index (χ1v) is 6.08. The van der Waals surface area contributed by atoms with Crippen LogP contribution in [0.5, 0.6) is 0 Å². The molecular weight excluding hydrogens is 244 g/mol. The van der Waals surface area contributed by atoms with E-state index >= 15 is 0 Å². The Morgan fingerprint density at radius 2 is 2.21 bits per heavy atom. The average molecular weight is 262 g/mol. The highest BCUT2D eigenvalue weighted by Gasteiger charge is 2.21. The van der Waals surface area contributed by atoms with Gasteiger partial charge in [-0.05, 0) is 26.0 Å². The maximum atomic E-state index is 12.4. The van der Waals surface area contributed by atoms with Crippen LogP contribution < -0.4 is 0 Å². The van der Waals surface area contributed by atoms with Crippen LogP contribution in [0.15, 0.2) is 18.3 Å². The van der Waals surface area contributed by atoms with E-state index in [0.29, 0.717) is 5.56 Å². The molecule has 1 heterocycles. The fraction of sp³-hybridized carbons (Fsp3) is 0.429. The summed E-state index contributed by atoms with van der Waals surface area (Å²) in [5, 5.41) is 17.7. The van der Waals surface area contributed by atoms with Crippen LogP contribution in [0.4, 0.5) is 0 Å². The quantitative estimate of drug-likeness (QED) is 0.764. The number of aliphatic hydroxyl groups excluding tert-OH is 2. The van der Waals surface area contributed by atoms with Gasteiger partial charge in [-0.25, -0.2) is 4.98 Å². The number of carbonyl (C=O) groups is 1. The lowest BCUT2D eigenvalue weighted by Gasteiger charge is -2.25. The van der Waals surface area contributed by atoms with Crippen molar-refractivity contribution in [1.82, 2.24) is 9.88 Å². The molecule has 0 radical (unpaired) electrons. The molecule has 0 fully saturated rings. The van der Waals surface area contributed by atoms with Gasteiger partial charge in [0, 0.05) is 18.8 Å². The molecule has 102 valence electrons. The Balaban J connectivity index is 3.10. The molecule has 0 spiro atoms. The molecule has 0 aliphatic heterocycles. The molecular formula is C14H18N2O3. The summed E-state index contributed by atoms with van der Waals surface area (Å²) in [5.74, 6) is 4.94. The van der Waals surface area contributed by atoms with E-state index < -0.39 is 0 Å². The first kappa shape index (κ1) is 15.2. The van der Waals surface area contributed by atoms with E-state index in [1.54, 1.807) is 12.1 Å². The van der Waals surface area contributed by atoms with Crippen molar-refractivity contribution < 1.29 is 15.0 Å². The van der Waals surface area contributed by atoms with Crippen LogP contribution in [0.25, 0.3) is 0 Å². The van der Waals surface area contributed by atoms with Gasteiger partial charge in [0.1, 0.15) is 12.3 Å². The summed E-state index contributed by atoms with van der Waals surface area (Å²) in [4.78, 5) is 18.0. The van der Waals surface area contributed by atoms with E-state index in [2.05, 4.69) is 16.8 Å². The molecule has 0 saturated heterocycles. The van der Waals surface area contributed by atoms with Crippen LogP contribution in [0.3, 0.4) is 0 Å². The molecule has 0 aliphatic rings. The van der Waals surface area contributed by atoms with Gasteiger partial charge in [-0.1, -0.05) is 11.8 Å². The van der Waals surface area contributed by atoms with Crippen molar-refractivity contribution in [3.8, 4) is 11.8 Å². The molecule has 1 amide bonds. The number of pyridine rings is 1. The number of nitrogens with zero attached hydrogens (tertiary/aromatic N) is 2. The number of hydrogen-bond acceptors (Lipinski definition) is 4. The van der Waals surface area contributed by atoms with Crippen molar-refractivity contribution in [1.29, 1.82) is 0 Å². The first-order chi connectivity index (χ1) is 9.11. The number of aromatic nitrogens is 1. The molecule has 0 aromatic carbocycles. The molecule has 2 N–H and O–H groups in total. The summed E-state index contributed by atoms with van der Waals surface area (Å²) < 4.78 is 0. The van der Waals surface area contributed by atoms with Gasteiger partial charge in [-0.3, -0.25) is 4.79 Å². The van der Waals surface area contributed by atoms with E-state index in [9.17, 15) is 4.79 Å². The highest BCUT2D eigenvalue weighted by Crippen LogP contribution is 2.10. The van der Waals surface area contributed by atoms with Crippen molar-refractivity contribution in [3.63, 3.8) is 0 Å². The summed E-state index contributed by atoms with van der Waals surface area (Å²) in [6.45, 7) is 3.62. The van der Waals surface area contributed by atoms with Gasteiger partial charge in [-0.15, -0.1) is 0 Å². The van der Waals surface area contributed by atoms with Gasteiger partial charge in [0.25, 0.3) is 5.91 Å².